The van der Waals surface area contributed by atoms with Gasteiger partial charge in [-0.1, -0.05) is 12.1 Å². The van der Waals surface area contributed by atoms with E-state index in [0.29, 0.717) is 36.0 Å². The van der Waals surface area contributed by atoms with Crippen LogP contribution in [0.15, 0.2) is 36.4 Å². The lowest BCUT2D eigenvalue weighted by Crippen LogP contribution is -2.37. The first kappa shape index (κ1) is 21.4. The average molecular weight is 414 g/mol. The van der Waals surface area contributed by atoms with E-state index in [4.69, 9.17) is 18.9 Å². The van der Waals surface area contributed by atoms with E-state index in [-0.39, 0.29) is 18.4 Å². The fourth-order valence-electron chi connectivity index (χ4n) is 3.42. The van der Waals surface area contributed by atoms with Gasteiger partial charge < -0.3 is 29.2 Å². The molecule has 2 aromatic rings. The van der Waals surface area contributed by atoms with Crippen LogP contribution >= 0.6 is 0 Å². The summed E-state index contributed by atoms with van der Waals surface area (Å²) in [5.74, 6) is 1.41. The van der Waals surface area contributed by atoms with Gasteiger partial charge in [0.1, 0.15) is 12.4 Å². The first-order chi connectivity index (χ1) is 14.5. The maximum Gasteiger partial charge on any atom is 0.263 e. The smallest absolute Gasteiger partial charge is 0.263 e. The monoisotopic (exact) mass is 414 g/mol. The molecule has 0 spiro atoms. The molecule has 0 radical (unpaired) electrons. The van der Waals surface area contributed by atoms with Crippen LogP contribution in [0.1, 0.15) is 18.1 Å². The molecule has 1 heterocycles. The normalized spacial score (nSPS) is 15.7. The number of amides is 2. The Morgan fingerprint density at radius 1 is 1.20 bits per heavy atom. The molecule has 0 saturated carbocycles. The van der Waals surface area contributed by atoms with Crippen molar-refractivity contribution in [3.05, 3.63) is 47.5 Å². The van der Waals surface area contributed by atoms with Gasteiger partial charge in [-0.15, -0.1) is 0 Å². The largest absolute Gasteiger partial charge is 0.493 e. The average Bonchev–Trinajstić information content (AvgIpc) is 2.84. The number of benzene rings is 2. The number of hydrogen-bond donors (Lipinski definition) is 1. The van der Waals surface area contributed by atoms with Crippen LogP contribution in [0.3, 0.4) is 0 Å². The van der Waals surface area contributed by atoms with Gasteiger partial charge in [0.25, 0.3) is 5.91 Å². The van der Waals surface area contributed by atoms with Crippen LogP contribution in [0.2, 0.25) is 0 Å². The van der Waals surface area contributed by atoms with Gasteiger partial charge in [-0.2, -0.15) is 0 Å². The molecule has 1 aliphatic heterocycles. The number of rotatable bonds is 7. The number of ether oxygens (including phenoxy) is 4. The molecule has 2 amide bonds. The maximum atomic E-state index is 13.0. The van der Waals surface area contributed by atoms with E-state index in [0.717, 1.165) is 11.1 Å². The Morgan fingerprint density at radius 3 is 2.70 bits per heavy atom. The molecular weight excluding hydrogens is 388 g/mol. The minimum Gasteiger partial charge on any atom is -0.493 e. The minimum atomic E-state index is -0.642. The van der Waals surface area contributed by atoms with E-state index in [1.165, 1.54) is 7.11 Å². The molecule has 2 aromatic carbocycles. The Balaban J connectivity index is 1.89. The lowest BCUT2D eigenvalue weighted by atomic mass is 10.1. The third-order valence-corrected chi connectivity index (χ3v) is 4.79. The third kappa shape index (κ3) is 4.65. The molecule has 1 N–H and O–H groups in total. The summed E-state index contributed by atoms with van der Waals surface area (Å²) in [4.78, 5) is 26.5. The van der Waals surface area contributed by atoms with Gasteiger partial charge in [0.05, 0.1) is 14.2 Å². The van der Waals surface area contributed by atoms with Gasteiger partial charge in [0.2, 0.25) is 5.91 Å². The van der Waals surface area contributed by atoms with Crippen molar-refractivity contribution in [2.24, 2.45) is 0 Å². The van der Waals surface area contributed by atoms with Gasteiger partial charge in [-0.05, 0) is 31.2 Å². The Kier molecular flexibility index (Phi) is 6.79. The van der Waals surface area contributed by atoms with Crippen LogP contribution in [-0.4, -0.2) is 50.8 Å². The highest BCUT2D eigenvalue weighted by Gasteiger charge is 2.29. The van der Waals surface area contributed by atoms with Crippen molar-refractivity contribution in [2.45, 2.75) is 26.1 Å². The van der Waals surface area contributed by atoms with Crippen molar-refractivity contribution in [2.75, 3.05) is 33.3 Å². The second-order valence-electron chi connectivity index (χ2n) is 6.91. The summed E-state index contributed by atoms with van der Waals surface area (Å²) in [5, 5.41) is 2.77. The molecule has 0 bridgehead atoms. The van der Waals surface area contributed by atoms with E-state index in [9.17, 15) is 9.59 Å². The van der Waals surface area contributed by atoms with Crippen LogP contribution in [0.5, 0.6) is 17.2 Å². The highest BCUT2D eigenvalue weighted by molar-refractivity contribution is 5.92. The highest BCUT2D eigenvalue weighted by atomic mass is 16.5. The number of hydrogen-bond acceptors (Lipinski definition) is 6. The van der Waals surface area contributed by atoms with Crippen molar-refractivity contribution < 1.29 is 28.5 Å². The Labute approximate surface area is 175 Å². The van der Waals surface area contributed by atoms with Crippen LogP contribution in [0.25, 0.3) is 0 Å². The SMILES string of the molecule is COCC(=O)Nc1ccc2c(c1)CN(Cc1cccc(OC)c1OC)C(=O)[C@H](C)O2. The van der Waals surface area contributed by atoms with Gasteiger partial charge in [-0.25, -0.2) is 0 Å². The van der Waals surface area contributed by atoms with Crippen LogP contribution in [0, 0.1) is 0 Å². The first-order valence-electron chi connectivity index (χ1n) is 9.53. The molecular formula is C22H26N2O6. The second kappa shape index (κ2) is 9.49. The van der Waals surface area contributed by atoms with E-state index in [2.05, 4.69) is 5.32 Å². The Hall–Kier alpha value is -3.26. The van der Waals surface area contributed by atoms with Crippen molar-refractivity contribution in [1.29, 1.82) is 0 Å². The van der Waals surface area contributed by atoms with Gasteiger partial charge in [0, 0.05) is 37.0 Å². The van der Waals surface area contributed by atoms with Crippen molar-refractivity contribution in [3.8, 4) is 17.2 Å². The zero-order valence-electron chi connectivity index (χ0n) is 17.6. The molecule has 0 saturated heterocycles. The highest BCUT2D eigenvalue weighted by Crippen LogP contribution is 2.34. The van der Waals surface area contributed by atoms with Gasteiger partial charge in [-0.3, -0.25) is 9.59 Å². The fraction of sp³-hybridized carbons (Fsp3) is 0.364. The molecule has 160 valence electrons. The number of carbonyl (C=O) groups is 2. The summed E-state index contributed by atoms with van der Waals surface area (Å²) >= 11 is 0. The van der Waals surface area contributed by atoms with Crippen LogP contribution in [0.4, 0.5) is 5.69 Å². The lowest BCUT2D eigenvalue weighted by molar-refractivity contribution is -0.138. The first-order valence-corrected chi connectivity index (χ1v) is 9.53. The predicted octanol–water partition coefficient (Wildman–Crippen LogP) is 2.60. The molecule has 0 unspecified atom stereocenters. The summed E-state index contributed by atoms with van der Waals surface area (Å²) in [6.07, 6.45) is -0.642. The standard InChI is InChI=1S/C22H26N2O6/c1-14-22(26)24(11-15-6-5-7-19(28-3)21(15)29-4)12-16-10-17(8-9-18(16)30-14)23-20(25)13-27-2/h5-10,14H,11-13H2,1-4H3,(H,23,25)/t14-/m0/s1. The van der Waals surface area contributed by atoms with E-state index >= 15 is 0 Å². The van der Waals surface area contributed by atoms with Crippen molar-refractivity contribution in [1.82, 2.24) is 4.90 Å². The molecule has 0 aromatic heterocycles. The Morgan fingerprint density at radius 2 is 2.00 bits per heavy atom. The second-order valence-corrected chi connectivity index (χ2v) is 6.91. The van der Waals surface area contributed by atoms with Crippen molar-refractivity contribution >= 4 is 17.5 Å². The third-order valence-electron chi connectivity index (χ3n) is 4.79. The fourth-order valence-corrected chi connectivity index (χ4v) is 3.42. The lowest BCUT2D eigenvalue weighted by Gasteiger charge is -2.24. The van der Waals surface area contributed by atoms with Crippen LogP contribution < -0.4 is 19.5 Å². The molecule has 0 aliphatic carbocycles. The summed E-state index contributed by atoms with van der Waals surface area (Å²) in [5.41, 5.74) is 2.23. The van der Waals surface area contributed by atoms with Crippen LogP contribution in [-0.2, 0) is 27.4 Å². The predicted molar refractivity (Wildman–Crippen MR) is 111 cm³/mol. The topological polar surface area (TPSA) is 86.3 Å². The van der Waals surface area contributed by atoms with E-state index in [1.807, 2.05) is 24.3 Å². The molecule has 1 atom stereocenters. The number of carbonyl (C=O) groups excluding carboxylic acids is 2. The minimum absolute atomic E-state index is 0.0368. The molecule has 30 heavy (non-hydrogen) atoms. The molecule has 8 heteroatoms. The number of anilines is 1. The molecule has 0 fully saturated rings. The number of nitrogens with zero attached hydrogens (tertiary/aromatic N) is 1. The quantitative estimate of drug-likeness (QED) is 0.750. The maximum absolute atomic E-state index is 13.0. The zero-order valence-corrected chi connectivity index (χ0v) is 17.6. The number of methoxy groups -OCH3 is 3. The molecule has 8 nitrogen and oxygen atoms in total. The van der Waals surface area contributed by atoms with E-state index in [1.54, 1.807) is 38.2 Å². The molecule has 1 aliphatic rings. The van der Waals surface area contributed by atoms with E-state index < -0.39 is 6.10 Å². The number of nitrogens with one attached hydrogen (secondary N) is 1. The zero-order chi connectivity index (χ0) is 21.7. The summed E-state index contributed by atoms with van der Waals surface area (Å²) in [6.45, 7) is 2.34. The summed E-state index contributed by atoms with van der Waals surface area (Å²) < 4.78 is 21.6. The Bertz CT molecular complexity index is 930. The van der Waals surface area contributed by atoms with Crippen molar-refractivity contribution in [3.63, 3.8) is 0 Å². The van der Waals surface area contributed by atoms with Gasteiger partial charge >= 0.3 is 0 Å². The number of para-hydroxylation sites is 1. The summed E-state index contributed by atoms with van der Waals surface area (Å²) in [7, 11) is 4.61. The molecule has 3 rings (SSSR count). The number of fused-ring (bicyclic) bond motifs is 1. The summed E-state index contributed by atoms with van der Waals surface area (Å²) in [6, 6.07) is 10.9. The van der Waals surface area contributed by atoms with Gasteiger partial charge in [0.15, 0.2) is 17.6 Å².